The summed E-state index contributed by atoms with van der Waals surface area (Å²) in [6.45, 7) is 6.79. The number of imidazole rings is 1. The molecule has 1 aliphatic heterocycles. The Balaban J connectivity index is 1.34. The summed E-state index contributed by atoms with van der Waals surface area (Å²) in [5.74, 6) is 0.895. The van der Waals surface area contributed by atoms with Crippen molar-refractivity contribution in [1.82, 2.24) is 14.5 Å². The molecule has 1 aliphatic rings. The molecule has 6 nitrogen and oxygen atoms in total. The maximum Gasteiger partial charge on any atom is 0.224 e. The smallest absolute Gasteiger partial charge is 0.224 e. The second kappa shape index (κ2) is 9.47. The van der Waals surface area contributed by atoms with Gasteiger partial charge in [-0.3, -0.25) is 9.69 Å². The fourth-order valence-electron chi connectivity index (χ4n) is 4.14. The van der Waals surface area contributed by atoms with Gasteiger partial charge in [0.15, 0.2) is 0 Å². The van der Waals surface area contributed by atoms with E-state index in [0.29, 0.717) is 6.42 Å². The number of aryl methyl sites for hydroxylation is 1. The van der Waals surface area contributed by atoms with Gasteiger partial charge < -0.3 is 14.8 Å². The lowest BCUT2D eigenvalue weighted by Crippen LogP contribution is -2.47. The molecule has 0 radical (unpaired) electrons. The highest BCUT2D eigenvalue weighted by Crippen LogP contribution is 2.21. The van der Waals surface area contributed by atoms with E-state index in [1.165, 1.54) is 12.1 Å². The fourth-order valence-corrected chi connectivity index (χ4v) is 4.14. The number of carbonyl (C=O) groups is 1. The highest BCUT2D eigenvalue weighted by molar-refractivity contribution is 5.93. The van der Waals surface area contributed by atoms with Gasteiger partial charge in [0.25, 0.3) is 0 Å². The fraction of sp³-hybridized carbons (Fsp3) is 0.417. The van der Waals surface area contributed by atoms with Crippen molar-refractivity contribution in [2.75, 3.05) is 42.9 Å². The minimum atomic E-state index is -0.194. The summed E-state index contributed by atoms with van der Waals surface area (Å²) < 4.78 is 15.3. The second-order valence-corrected chi connectivity index (χ2v) is 8.14. The number of aromatic nitrogens is 2. The lowest BCUT2D eigenvalue weighted by atomic mass is 10.2. The Morgan fingerprint density at radius 2 is 1.84 bits per heavy atom. The molecule has 2 heterocycles. The van der Waals surface area contributed by atoms with Crippen molar-refractivity contribution >= 4 is 28.3 Å². The van der Waals surface area contributed by atoms with E-state index in [9.17, 15) is 9.18 Å². The predicted molar refractivity (Wildman–Crippen MR) is 123 cm³/mol. The van der Waals surface area contributed by atoms with Crippen LogP contribution in [-0.2, 0) is 18.3 Å². The van der Waals surface area contributed by atoms with Crippen LogP contribution in [-0.4, -0.2) is 53.1 Å². The number of hydrogen-bond acceptors (Lipinski definition) is 4. The molecular formula is C24H30FN5O. The topological polar surface area (TPSA) is 53.4 Å². The number of nitrogens with zero attached hydrogens (tertiary/aromatic N) is 4. The predicted octanol–water partition coefficient (Wildman–Crippen LogP) is 3.82. The minimum Gasteiger partial charge on any atom is -0.369 e. The minimum absolute atomic E-state index is 0.0396. The molecule has 1 fully saturated rings. The van der Waals surface area contributed by atoms with Crippen LogP contribution in [0.5, 0.6) is 0 Å². The number of fused-ring (bicyclic) bond motifs is 1. The first kappa shape index (κ1) is 21.3. The Morgan fingerprint density at radius 3 is 2.55 bits per heavy atom. The van der Waals surface area contributed by atoms with Crippen molar-refractivity contribution in [3.63, 3.8) is 0 Å². The maximum absolute atomic E-state index is 13.1. The number of rotatable bonds is 7. The van der Waals surface area contributed by atoms with Crippen LogP contribution in [0, 0.1) is 5.82 Å². The lowest BCUT2D eigenvalue weighted by Gasteiger charge is -2.36. The summed E-state index contributed by atoms with van der Waals surface area (Å²) in [6.07, 6.45) is 2.24. The molecule has 0 bridgehead atoms. The van der Waals surface area contributed by atoms with E-state index >= 15 is 0 Å². The van der Waals surface area contributed by atoms with Gasteiger partial charge in [-0.05, 0) is 48.9 Å². The van der Waals surface area contributed by atoms with Crippen LogP contribution in [0.15, 0.2) is 42.5 Å². The third-order valence-corrected chi connectivity index (χ3v) is 5.95. The summed E-state index contributed by atoms with van der Waals surface area (Å²) >= 11 is 0. The summed E-state index contributed by atoms with van der Waals surface area (Å²) in [5.41, 5.74) is 3.86. The van der Waals surface area contributed by atoms with E-state index < -0.39 is 0 Å². The first-order valence-corrected chi connectivity index (χ1v) is 11.0. The average Bonchev–Trinajstić information content (AvgIpc) is 3.08. The van der Waals surface area contributed by atoms with Gasteiger partial charge in [0.1, 0.15) is 11.6 Å². The number of carbonyl (C=O) groups excluding carboxylic acids is 1. The summed E-state index contributed by atoms with van der Waals surface area (Å²) in [7, 11) is 2.05. The zero-order chi connectivity index (χ0) is 21.8. The van der Waals surface area contributed by atoms with E-state index in [0.717, 1.165) is 73.8 Å². The summed E-state index contributed by atoms with van der Waals surface area (Å²) in [6, 6.07) is 12.7. The van der Waals surface area contributed by atoms with Crippen LogP contribution in [0.4, 0.5) is 15.8 Å². The van der Waals surface area contributed by atoms with Crippen LogP contribution in [0.1, 0.15) is 25.6 Å². The van der Waals surface area contributed by atoms with Crippen molar-refractivity contribution < 1.29 is 9.18 Å². The largest absolute Gasteiger partial charge is 0.369 e. The maximum atomic E-state index is 13.1. The van der Waals surface area contributed by atoms with E-state index in [1.807, 2.05) is 44.3 Å². The van der Waals surface area contributed by atoms with Crippen LogP contribution < -0.4 is 10.2 Å². The van der Waals surface area contributed by atoms with Crippen LogP contribution >= 0.6 is 0 Å². The first-order valence-electron chi connectivity index (χ1n) is 11.0. The Kier molecular flexibility index (Phi) is 6.51. The molecule has 1 amide bonds. The molecule has 4 rings (SSSR count). The van der Waals surface area contributed by atoms with Crippen LogP contribution in [0.3, 0.4) is 0 Å². The van der Waals surface area contributed by atoms with E-state index in [-0.39, 0.29) is 11.7 Å². The van der Waals surface area contributed by atoms with Gasteiger partial charge in [-0.1, -0.05) is 6.92 Å². The van der Waals surface area contributed by atoms with Gasteiger partial charge in [0.05, 0.1) is 11.0 Å². The monoisotopic (exact) mass is 423 g/mol. The van der Waals surface area contributed by atoms with Crippen LogP contribution in [0.2, 0.25) is 0 Å². The van der Waals surface area contributed by atoms with Crippen LogP contribution in [0.25, 0.3) is 11.0 Å². The molecule has 31 heavy (non-hydrogen) atoms. The zero-order valence-electron chi connectivity index (χ0n) is 18.3. The van der Waals surface area contributed by atoms with Gasteiger partial charge in [-0.25, -0.2) is 9.37 Å². The quantitative estimate of drug-likeness (QED) is 0.628. The standard InChI is InChI=1S/C24H30FN5O/c1-3-4-24(31)26-19-7-10-22-21(17-19)27-23(28(22)2)11-12-29-13-15-30(16-14-29)20-8-5-18(25)6-9-20/h5-10,17H,3-4,11-16H2,1-2H3,(H,26,31). The number of halogens is 1. The van der Waals surface area contributed by atoms with Crippen molar-refractivity contribution in [2.24, 2.45) is 7.05 Å². The molecular weight excluding hydrogens is 393 g/mol. The molecule has 1 aromatic heterocycles. The molecule has 0 unspecified atom stereocenters. The molecule has 3 aromatic rings. The Morgan fingerprint density at radius 1 is 1.10 bits per heavy atom. The SMILES string of the molecule is CCCC(=O)Nc1ccc2c(c1)nc(CCN1CCN(c3ccc(F)cc3)CC1)n2C. The molecule has 0 saturated carbocycles. The summed E-state index contributed by atoms with van der Waals surface area (Å²) in [5, 5.41) is 2.95. The molecule has 7 heteroatoms. The lowest BCUT2D eigenvalue weighted by molar-refractivity contribution is -0.116. The number of piperazine rings is 1. The van der Waals surface area contributed by atoms with Gasteiger partial charge >= 0.3 is 0 Å². The number of benzene rings is 2. The highest BCUT2D eigenvalue weighted by atomic mass is 19.1. The molecule has 0 spiro atoms. The van der Waals surface area contributed by atoms with Crippen molar-refractivity contribution in [3.05, 3.63) is 54.1 Å². The van der Waals surface area contributed by atoms with Crippen molar-refractivity contribution in [1.29, 1.82) is 0 Å². The van der Waals surface area contributed by atoms with Gasteiger partial charge in [-0.15, -0.1) is 0 Å². The van der Waals surface area contributed by atoms with E-state index in [4.69, 9.17) is 4.98 Å². The van der Waals surface area contributed by atoms with E-state index in [1.54, 1.807) is 0 Å². The van der Waals surface area contributed by atoms with E-state index in [2.05, 4.69) is 19.7 Å². The molecule has 164 valence electrons. The Hall–Kier alpha value is -2.93. The normalized spacial score (nSPS) is 14.9. The highest BCUT2D eigenvalue weighted by Gasteiger charge is 2.18. The van der Waals surface area contributed by atoms with Crippen molar-refractivity contribution in [3.8, 4) is 0 Å². The number of anilines is 2. The zero-order valence-corrected chi connectivity index (χ0v) is 18.3. The molecule has 2 aromatic carbocycles. The van der Waals surface area contributed by atoms with Crippen molar-refractivity contribution in [2.45, 2.75) is 26.2 Å². The third-order valence-electron chi connectivity index (χ3n) is 5.95. The molecule has 0 aliphatic carbocycles. The number of amides is 1. The van der Waals surface area contributed by atoms with Gasteiger partial charge in [-0.2, -0.15) is 0 Å². The molecule has 0 atom stereocenters. The first-order chi connectivity index (χ1) is 15.0. The average molecular weight is 424 g/mol. The van der Waals surface area contributed by atoms with Gasteiger partial charge in [0, 0.05) is 64.0 Å². The number of hydrogen-bond donors (Lipinski definition) is 1. The summed E-state index contributed by atoms with van der Waals surface area (Å²) in [4.78, 5) is 21.4. The molecule has 1 saturated heterocycles. The molecule has 1 N–H and O–H groups in total. The Bertz CT molecular complexity index is 1040. The third kappa shape index (κ3) is 5.05. The Labute approximate surface area is 182 Å². The van der Waals surface area contributed by atoms with Gasteiger partial charge in [0.2, 0.25) is 5.91 Å². The number of nitrogens with one attached hydrogen (secondary N) is 1. The second-order valence-electron chi connectivity index (χ2n) is 8.14.